The summed E-state index contributed by atoms with van der Waals surface area (Å²) < 4.78 is 15.8. The Balaban J connectivity index is 2.26. The summed E-state index contributed by atoms with van der Waals surface area (Å²) in [7, 11) is 1.65. The number of aryl methyl sites for hydroxylation is 1. The molecular weight excluding hydrogens is 244 g/mol. The van der Waals surface area contributed by atoms with Crippen LogP contribution in [0.15, 0.2) is 18.2 Å². The molecule has 19 heavy (non-hydrogen) atoms. The van der Waals surface area contributed by atoms with E-state index < -0.39 is 0 Å². The molecule has 0 spiro atoms. The van der Waals surface area contributed by atoms with Crippen LogP contribution in [0, 0.1) is 12.3 Å². The number of hydrogen-bond acceptors (Lipinski definition) is 4. The zero-order valence-corrected chi connectivity index (χ0v) is 11.6. The van der Waals surface area contributed by atoms with Gasteiger partial charge in [0, 0.05) is 25.7 Å². The highest BCUT2D eigenvalue weighted by Gasteiger charge is 2.03. The lowest BCUT2D eigenvalue weighted by molar-refractivity contribution is 0.0644. The summed E-state index contributed by atoms with van der Waals surface area (Å²) in [5, 5.41) is 7.41. The van der Waals surface area contributed by atoms with Gasteiger partial charge in [0.1, 0.15) is 11.6 Å². The Bertz CT molecular complexity index is 408. The molecule has 1 rings (SSSR count). The van der Waals surface area contributed by atoms with Crippen molar-refractivity contribution in [1.82, 2.24) is 0 Å². The summed E-state index contributed by atoms with van der Waals surface area (Å²) in [5.41, 5.74) is 7.15. The van der Waals surface area contributed by atoms with Crippen LogP contribution < -0.4 is 10.5 Å². The fourth-order valence-corrected chi connectivity index (χ4v) is 1.62. The lowest BCUT2D eigenvalue weighted by Gasteiger charge is -2.09. The first-order chi connectivity index (χ1) is 9.15. The minimum absolute atomic E-state index is 0.0793. The number of hydrogen-bond donors (Lipinski definition) is 2. The van der Waals surface area contributed by atoms with Crippen LogP contribution in [0.4, 0.5) is 0 Å². The normalized spacial score (nSPS) is 10.4. The number of benzene rings is 1. The van der Waals surface area contributed by atoms with Crippen molar-refractivity contribution in [2.75, 3.05) is 33.5 Å². The largest absolute Gasteiger partial charge is 0.493 e. The average molecular weight is 266 g/mol. The van der Waals surface area contributed by atoms with Gasteiger partial charge in [-0.1, -0.05) is 0 Å². The molecule has 0 aliphatic carbocycles. The minimum atomic E-state index is 0.0793. The summed E-state index contributed by atoms with van der Waals surface area (Å²) in [5.74, 6) is 0.870. The SMILES string of the molecule is COCCOCCCOc1ccc(C(=N)N)c(C)c1. The maximum Gasteiger partial charge on any atom is 0.123 e. The zero-order chi connectivity index (χ0) is 14.1. The van der Waals surface area contributed by atoms with Gasteiger partial charge in [-0.15, -0.1) is 0 Å². The van der Waals surface area contributed by atoms with Gasteiger partial charge in [-0.3, -0.25) is 5.41 Å². The molecule has 0 aliphatic heterocycles. The standard InChI is InChI=1S/C14H22N2O3/c1-11-10-12(4-5-13(11)14(15)16)19-7-3-6-18-9-8-17-2/h4-5,10H,3,6-9H2,1-2H3,(H3,15,16). The van der Waals surface area contributed by atoms with Crippen molar-refractivity contribution in [2.45, 2.75) is 13.3 Å². The molecule has 5 nitrogen and oxygen atoms in total. The first-order valence-electron chi connectivity index (χ1n) is 6.29. The molecule has 0 amide bonds. The Morgan fingerprint density at radius 1 is 1.21 bits per heavy atom. The van der Waals surface area contributed by atoms with E-state index in [1.807, 2.05) is 25.1 Å². The summed E-state index contributed by atoms with van der Waals surface area (Å²) in [6, 6.07) is 5.53. The molecule has 0 unspecified atom stereocenters. The molecule has 5 heteroatoms. The van der Waals surface area contributed by atoms with Crippen LogP contribution in [0.1, 0.15) is 17.5 Å². The van der Waals surface area contributed by atoms with E-state index >= 15 is 0 Å². The first-order valence-corrected chi connectivity index (χ1v) is 6.29. The summed E-state index contributed by atoms with van der Waals surface area (Å²) in [6.07, 6.45) is 0.831. The monoisotopic (exact) mass is 266 g/mol. The molecule has 0 atom stereocenters. The second-order valence-electron chi connectivity index (χ2n) is 4.20. The van der Waals surface area contributed by atoms with Crippen LogP contribution in [0.5, 0.6) is 5.75 Å². The van der Waals surface area contributed by atoms with Gasteiger partial charge < -0.3 is 19.9 Å². The van der Waals surface area contributed by atoms with Gasteiger partial charge in [0.2, 0.25) is 0 Å². The highest BCUT2D eigenvalue weighted by Crippen LogP contribution is 2.17. The van der Waals surface area contributed by atoms with E-state index in [0.29, 0.717) is 26.4 Å². The molecule has 106 valence electrons. The van der Waals surface area contributed by atoms with Crippen LogP contribution in [-0.2, 0) is 9.47 Å². The van der Waals surface area contributed by atoms with Crippen molar-refractivity contribution in [3.8, 4) is 5.75 Å². The number of rotatable bonds is 9. The number of nitrogens with one attached hydrogen (secondary N) is 1. The Labute approximate surface area is 114 Å². The van der Waals surface area contributed by atoms with Crippen LogP contribution in [0.2, 0.25) is 0 Å². The summed E-state index contributed by atoms with van der Waals surface area (Å²) in [6.45, 7) is 4.41. The topological polar surface area (TPSA) is 77.6 Å². The number of nitrogens with two attached hydrogens (primary N) is 1. The lowest BCUT2D eigenvalue weighted by Crippen LogP contribution is -2.12. The van der Waals surface area contributed by atoms with Crippen molar-refractivity contribution in [2.24, 2.45) is 5.73 Å². The molecule has 0 bridgehead atoms. The van der Waals surface area contributed by atoms with Gasteiger partial charge in [0.15, 0.2) is 0 Å². The summed E-state index contributed by atoms with van der Waals surface area (Å²) in [4.78, 5) is 0. The molecule has 1 aromatic carbocycles. The van der Waals surface area contributed by atoms with Crippen LogP contribution in [-0.4, -0.2) is 39.4 Å². The Hall–Kier alpha value is -1.59. The molecule has 3 N–H and O–H groups in total. The third-order valence-corrected chi connectivity index (χ3v) is 2.62. The number of nitrogen functional groups attached to an aromatic ring is 1. The average Bonchev–Trinajstić information content (AvgIpc) is 2.37. The Kier molecular flexibility index (Phi) is 6.92. The molecule has 0 radical (unpaired) electrons. The number of methoxy groups -OCH3 is 1. The van der Waals surface area contributed by atoms with E-state index in [0.717, 1.165) is 23.3 Å². The van der Waals surface area contributed by atoms with Crippen LogP contribution >= 0.6 is 0 Å². The third kappa shape index (κ3) is 5.72. The van der Waals surface area contributed by atoms with Gasteiger partial charge >= 0.3 is 0 Å². The zero-order valence-electron chi connectivity index (χ0n) is 11.6. The van der Waals surface area contributed by atoms with Crippen LogP contribution in [0.25, 0.3) is 0 Å². The predicted octanol–water partition coefficient (Wildman–Crippen LogP) is 1.71. The van der Waals surface area contributed by atoms with Gasteiger partial charge in [0.05, 0.1) is 19.8 Å². The molecule has 0 fully saturated rings. The third-order valence-electron chi connectivity index (χ3n) is 2.62. The predicted molar refractivity (Wildman–Crippen MR) is 75.0 cm³/mol. The smallest absolute Gasteiger partial charge is 0.123 e. The minimum Gasteiger partial charge on any atom is -0.493 e. The highest BCUT2D eigenvalue weighted by molar-refractivity contribution is 5.96. The van der Waals surface area contributed by atoms with Crippen molar-refractivity contribution in [3.63, 3.8) is 0 Å². The maximum atomic E-state index is 7.41. The van der Waals surface area contributed by atoms with Crippen molar-refractivity contribution < 1.29 is 14.2 Å². The van der Waals surface area contributed by atoms with Gasteiger partial charge in [0.25, 0.3) is 0 Å². The van der Waals surface area contributed by atoms with Crippen molar-refractivity contribution >= 4 is 5.84 Å². The molecule has 0 aromatic heterocycles. The van der Waals surface area contributed by atoms with E-state index in [1.165, 1.54) is 0 Å². The van der Waals surface area contributed by atoms with E-state index in [9.17, 15) is 0 Å². The molecule has 0 saturated heterocycles. The van der Waals surface area contributed by atoms with Gasteiger partial charge in [-0.25, -0.2) is 0 Å². The van der Waals surface area contributed by atoms with E-state index in [1.54, 1.807) is 7.11 Å². The first kappa shape index (κ1) is 15.5. The van der Waals surface area contributed by atoms with Crippen molar-refractivity contribution in [3.05, 3.63) is 29.3 Å². The fourth-order valence-electron chi connectivity index (χ4n) is 1.62. The molecular formula is C14H22N2O3. The Morgan fingerprint density at radius 2 is 2.00 bits per heavy atom. The Morgan fingerprint density at radius 3 is 2.63 bits per heavy atom. The molecule has 0 aliphatic rings. The maximum absolute atomic E-state index is 7.41. The second-order valence-corrected chi connectivity index (χ2v) is 4.20. The highest BCUT2D eigenvalue weighted by atomic mass is 16.5. The molecule has 1 aromatic rings. The quantitative estimate of drug-likeness (QED) is 0.405. The van der Waals surface area contributed by atoms with Gasteiger partial charge in [-0.05, 0) is 30.7 Å². The van der Waals surface area contributed by atoms with Gasteiger partial charge in [-0.2, -0.15) is 0 Å². The molecule has 0 saturated carbocycles. The van der Waals surface area contributed by atoms with Crippen molar-refractivity contribution in [1.29, 1.82) is 5.41 Å². The van der Waals surface area contributed by atoms with E-state index in [4.69, 9.17) is 25.4 Å². The molecule has 0 heterocycles. The van der Waals surface area contributed by atoms with E-state index in [2.05, 4.69) is 0 Å². The summed E-state index contributed by atoms with van der Waals surface area (Å²) >= 11 is 0. The number of ether oxygens (including phenoxy) is 3. The number of amidine groups is 1. The lowest BCUT2D eigenvalue weighted by atomic mass is 10.1. The second kappa shape index (κ2) is 8.50. The van der Waals surface area contributed by atoms with Crippen LogP contribution in [0.3, 0.4) is 0 Å². The fraction of sp³-hybridized carbons (Fsp3) is 0.500. The van der Waals surface area contributed by atoms with E-state index in [-0.39, 0.29) is 5.84 Å².